The Labute approximate surface area is 47.9 Å². The van der Waals surface area contributed by atoms with E-state index in [-0.39, 0.29) is 0 Å². The van der Waals surface area contributed by atoms with E-state index in [0.29, 0.717) is 6.73 Å². The summed E-state index contributed by atoms with van der Waals surface area (Å²) in [6.45, 7) is 0.479. The molecule has 0 unspecified atom stereocenters. The minimum absolute atomic E-state index is 0.479. The minimum Gasteiger partial charge on any atom is -0.362 e. The Morgan fingerprint density at radius 3 is 3.25 bits per heavy atom. The van der Waals surface area contributed by atoms with Crippen molar-refractivity contribution in [1.29, 1.82) is 0 Å². The minimum atomic E-state index is 0.479. The van der Waals surface area contributed by atoms with E-state index < -0.39 is 0 Å². The summed E-state index contributed by atoms with van der Waals surface area (Å²) in [5.74, 6) is 0. The average Bonchev–Trinajstić information content (AvgIpc) is 2.19. The summed E-state index contributed by atoms with van der Waals surface area (Å²) in [6.07, 6.45) is 4.48. The molecule has 1 radical (unpaired) electrons. The quantitative estimate of drug-likeness (QED) is 0.548. The molecule has 0 aliphatic rings. The summed E-state index contributed by atoms with van der Waals surface area (Å²) >= 11 is 0. The third kappa shape index (κ3) is 1.07. The van der Waals surface area contributed by atoms with Gasteiger partial charge in [-0.2, -0.15) is 5.10 Å². The molecule has 0 saturated carbocycles. The molecule has 0 aliphatic heterocycles. The zero-order valence-electron chi connectivity index (χ0n) is 4.66. The summed E-state index contributed by atoms with van der Waals surface area (Å²) in [5, 5.41) is 3.84. The fraction of sp³-hybridized carbons (Fsp3) is 0.400. The van der Waals surface area contributed by atoms with Gasteiger partial charge < -0.3 is 4.74 Å². The first kappa shape index (κ1) is 5.31. The van der Waals surface area contributed by atoms with Crippen molar-refractivity contribution >= 4 is 0 Å². The van der Waals surface area contributed by atoms with Crippen LogP contribution in [0.3, 0.4) is 0 Å². The van der Waals surface area contributed by atoms with Gasteiger partial charge in [0.2, 0.25) is 0 Å². The van der Waals surface area contributed by atoms with E-state index in [2.05, 4.69) is 11.3 Å². The molecule has 43 valence electrons. The van der Waals surface area contributed by atoms with E-state index >= 15 is 0 Å². The van der Waals surface area contributed by atoms with Crippen LogP contribution in [0.2, 0.25) is 0 Å². The lowest BCUT2D eigenvalue weighted by Crippen LogP contribution is -1.99. The van der Waals surface area contributed by atoms with E-state index in [0.717, 1.165) is 0 Å². The molecule has 0 fully saturated rings. The molecule has 8 heavy (non-hydrogen) atoms. The SMILES string of the molecule is COCn1[c]ccn1. The lowest BCUT2D eigenvalue weighted by molar-refractivity contribution is 0.120. The molecule has 1 rings (SSSR count). The van der Waals surface area contributed by atoms with Gasteiger partial charge in [-0.15, -0.1) is 0 Å². The average molecular weight is 111 g/mol. The van der Waals surface area contributed by atoms with Crippen LogP contribution in [-0.2, 0) is 11.5 Å². The van der Waals surface area contributed by atoms with Crippen molar-refractivity contribution in [3.63, 3.8) is 0 Å². The first-order valence-corrected chi connectivity index (χ1v) is 2.32. The van der Waals surface area contributed by atoms with Crippen LogP contribution in [0.25, 0.3) is 0 Å². The van der Waals surface area contributed by atoms with Crippen LogP contribution >= 0.6 is 0 Å². The predicted octanol–water partition coefficient (Wildman–Crippen LogP) is 0.287. The van der Waals surface area contributed by atoms with E-state index in [9.17, 15) is 0 Å². The molecule has 3 heteroatoms. The van der Waals surface area contributed by atoms with Gasteiger partial charge in [0.05, 0.1) is 6.20 Å². The largest absolute Gasteiger partial charge is 0.362 e. The van der Waals surface area contributed by atoms with Crippen LogP contribution in [0.15, 0.2) is 12.3 Å². The summed E-state index contributed by atoms with van der Waals surface area (Å²) in [6, 6.07) is 1.74. The highest BCUT2D eigenvalue weighted by molar-refractivity contribution is 4.73. The van der Waals surface area contributed by atoms with Crippen molar-refractivity contribution in [3.8, 4) is 0 Å². The van der Waals surface area contributed by atoms with Crippen LogP contribution in [0.5, 0.6) is 0 Å². The smallest absolute Gasteiger partial charge is 0.139 e. The summed E-state index contributed by atoms with van der Waals surface area (Å²) in [4.78, 5) is 0. The molecule has 0 amide bonds. The van der Waals surface area contributed by atoms with Crippen LogP contribution in [0.4, 0.5) is 0 Å². The monoisotopic (exact) mass is 111 g/mol. The third-order valence-corrected chi connectivity index (χ3v) is 0.756. The first-order chi connectivity index (χ1) is 3.93. The summed E-state index contributed by atoms with van der Waals surface area (Å²) in [5.41, 5.74) is 0. The normalized spacial score (nSPS) is 9.62. The Hall–Kier alpha value is -0.830. The van der Waals surface area contributed by atoms with Gasteiger partial charge >= 0.3 is 0 Å². The van der Waals surface area contributed by atoms with Gasteiger partial charge in [0, 0.05) is 13.3 Å². The highest BCUT2D eigenvalue weighted by Crippen LogP contribution is 1.80. The first-order valence-electron chi connectivity index (χ1n) is 2.32. The molecule has 1 aromatic rings. The van der Waals surface area contributed by atoms with E-state index in [1.165, 1.54) is 0 Å². The van der Waals surface area contributed by atoms with Gasteiger partial charge in [-0.3, -0.25) is 0 Å². The Kier molecular flexibility index (Phi) is 1.64. The van der Waals surface area contributed by atoms with Crippen LogP contribution in [0.1, 0.15) is 0 Å². The molecule has 0 saturated heterocycles. The summed E-state index contributed by atoms with van der Waals surface area (Å²) in [7, 11) is 1.62. The van der Waals surface area contributed by atoms with Gasteiger partial charge in [0.15, 0.2) is 0 Å². The van der Waals surface area contributed by atoms with Crippen molar-refractivity contribution in [2.75, 3.05) is 7.11 Å². The molecule has 0 spiro atoms. The fourth-order valence-corrected chi connectivity index (χ4v) is 0.459. The fourth-order valence-electron chi connectivity index (χ4n) is 0.459. The molecule has 0 bridgehead atoms. The highest BCUT2D eigenvalue weighted by Gasteiger charge is 1.83. The molecule has 0 atom stereocenters. The zero-order valence-corrected chi connectivity index (χ0v) is 4.66. The van der Waals surface area contributed by atoms with Gasteiger partial charge in [-0.25, -0.2) is 4.68 Å². The molecule has 1 aromatic heterocycles. The number of aromatic nitrogens is 2. The maximum absolute atomic E-state index is 4.76. The number of methoxy groups -OCH3 is 1. The van der Waals surface area contributed by atoms with E-state index in [1.807, 2.05) is 0 Å². The number of rotatable bonds is 2. The Bertz CT molecular complexity index is 136. The van der Waals surface area contributed by atoms with Crippen molar-refractivity contribution in [1.82, 2.24) is 9.78 Å². The number of nitrogens with zero attached hydrogens (tertiary/aromatic N) is 2. The zero-order chi connectivity index (χ0) is 5.82. The number of ether oxygens (including phenoxy) is 1. The van der Waals surface area contributed by atoms with Crippen molar-refractivity contribution in [3.05, 3.63) is 18.5 Å². The molecule has 0 aromatic carbocycles. The van der Waals surface area contributed by atoms with Gasteiger partial charge in [-0.1, -0.05) is 0 Å². The van der Waals surface area contributed by atoms with E-state index in [4.69, 9.17) is 4.74 Å². The van der Waals surface area contributed by atoms with Crippen molar-refractivity contribution in [2.24, 2.45) is 0 Å². The molecule has 0 aliphatic carbocycles. The lowest BCUT2D eigenvalue weighted by Gasteiger charge is -1.93. The highest BCUT2D eigenvalue weighted by atomic mass is 16.5. The summed E-state index contributed by atoms with van der Waals surface area (Å²) < 4.78 is 6.34. The van der Waals surface area contributed by atoms with Crippen LogP contribution in [-0.4, -0.2) is 16.9 Å². The Morgan fingerprint density at radius 1 is 1.88 bits per heavy atom. The van der Waals surface area contributed by atoms with Crippen LogP contribution in [0, 0.1) is 6.20 Å². The standard InChI is InChI=1S/C5H7N2O/c1-8-5-7-4-2-3-6-7/h2-3H,5H2,1H3. The number of hydrogen-bond donors (Lipinski definition) is 0. The second kappa shape index (κ2) is 2.47. The molecule has 3 nitrogen and oxygen atoms in total. The second-order valence-electron chi connectivity index (χ2n) is 1.38. The van der Waals surface area contributed by atoms with Crippen molar-refractivity contribution < 1.29 is 4.74 Å². The third-order valence-electron chi connectivity index (χ3n) is 0.756. The maximum Gasteiger partial charge on any atom is 0.139 e. The van der Waals surface area contributed by atoms with Gasteiger partial charge in [-0.05, 0) is 6.07 Å². The molecule has 0 N–H and O–H groups in total. The Balaban J connectivity index is 2.50. The Morgan fingerprint density at radius 2 is 2.75 bits per heavy atom. The number of hydrogen-bond acceptors (Lipinski definition) is 2. The van der Waals surface area contributed by atoms with E-state index in [1.54, 1.807) is 24.1 Å². The lowest BCUT2D eigenvalue weighted by atomic mass is 10.8. The molecular weight excluding hydrogens is 104 g/mol. The second-order valence-corrected chi connectivity index (χ2v) is 1.38. The van der Waals surface area contributed by atoms with Gasteiger partial charge in [0.25, 0.3) is 0 Å². The van der Waals surface area contributed by atoms with Crippen molar-refractivity contribution in [2.45, 2.75) is 6.73 Å². The predicted molar refractivity (Wildman–Crippen MR) is 28.1 cm³/mol. The molecular formula is C5H7N2O. The maximum atomic E-state index is 4.76. The van der Waals surface area contributed by atoms with Gasteiger partial charge in [0.1, 0.15) is 6.73 Å². The van der Waals surface area contributed by atoms with Crippen LogP contribution < -0.4 is 0 Å². The topological polar surface area (TPSA) is 27.1 Å². The molecule has 1 heterocycles.